The summed E-state index contributed by atoms with van der Waals surface area (Å²) in [4.78, 5) is 0. The summed E-state index contributed by atoms with van der Waals surface area (Å²) in [5.41, 5.74) is 2.47. The molecule has 0 radical (unpaired) electrons. The van der Waals surface area contributed by atoms with Gasteiger partial charge in [-0.3, -0.25) is 0 Å². The number of benzene rings is 1. The van der Waals surface area contributed by atoms with Gasteiger partial charge in [-0.05, 0) is 25.5 Å². The largest absolute Gasteiger partial charge is 0.383 e. The fourth-order valence-corrected chi connectivity index (χ4v) is 1.85. The highest BCUT2D eigenvalue weighted by atomic mass is 16.5. The molecule has 1 N–H and O–H groups in total. The molecule has 0 unspecified atom stereocenters. The van der Waals surface area contributed by atoms with Crippen molar-refractivity contribution in [2.75, 3.05) is 25.1 Å². The third-order valence-electron chi connectivity index (χ3n) is 3.02. The van der Waals surface area contributed by atoms with Crippen LogP contribution in [0, 0.1) is 6.92 Å². The Bertz CT molecular complexity index is 294. The minimum absolute atomic E-state index is 0.793. The highest BCUT2D eigenvalue weighted by Gasteiger charge is 1.92. The third kappa shape index (κ3) is 7.33. The minimum atomic E-state index is 0.793. The van der Waals surface area contributed by atoms with E-state index in [9.17, 15) is 0 Å². The summed E-state index contributed by atoms with van der Waals surface area (Å²) >= 11 is 0. The molecule has 1 rings (SSSR count). The van der Waals surface area contributed by atoms with Crippen LogP contribution in [0.3, 0.4) is 0 Å². The van der Waals surface area contributed by atoms with Crippen molar-refractivity contribution in [2.45, 2.75) is 46.0 Å². The highest BCUT2D eigenvalue weighted by molar-refractivity contribution is 5.44. The number of aryl methyl sites for hydroxylation is 1. The first kappa shape index (κ1) is 15.0. The maximum Gasteiger partial charge on any atom is 0.0639 e. The van der Waals surface area contributed by atoms with Gasteiger partial charge in [0.15, 0.2) is 0 Å². The van der Waals surface area contributed by atoms with E-state index < -0.39 is 0 Å². The molecule has 0 bridgehead atoms. The number of unbranched alkanes of at least 4 members (excludes halogenated alkanes) is 4. The van der Waals surface area contributed by atoms with Gasteiger partial charge in [0, 0.05) is 18.8 Å². The van der Waals surface area contributed by atoms with E-state index >= 15 is 0 Å². The second kappa shape index (κ2) is 9.95. The first-order valence-corrected chi connectivity index (χ1v) is 7.21. The molecular weight excluding hydrogens is 222 g/mol. The molecule has 0 saturated carbocycles. The fraction of sp³-hybridized carbons (Fsp3) is 0.625. The van der Waals surface area contributed by atoms with Crippen LogP contribution in [0.1, 0.15) is 44.6 Å². The van der Waals surface area contributed by atoms with Crippen LogP contribution in [-0.4, -0.2) is 19.8 Å². The minimum Gasteiger partial charge on any atom is -0.383 e. The Morgan fingerprint density at radius 1 is 0.944 bits per heavy atom. The maximum absolute atomic E-state index is 5.60. The van der Waals surface area contributed by atoms with E-state index in [2.05, 4.69) is 43.4 Å². The lowest BCUT2D eigenvalue weighted by atomic mass is 10.2. The van der Waals surface area contributed by atoms with Gasteiger partial charge in [-0.15, -0.1) is 0 Å². The van der Waals surface area contributed by atoms with Crippen molar-refractivity contribution < 1.29 is 4.74 Å². The number of hydrogen-bond donors (Lipinski definition) is 1. The second-order valence-corrected chi connectivity index (χ2v) is 4.82. The number of nitrogens with one attached hydrogen (secondary N) is 1. The zero-order valence-corrected chi connectivity index (χ0v) is 11.9. The molecule has 0 aliphatic carbocycles. The van der Waals surface area contributed by atoms with Crippen molar-refractivity contribution in [2.24, 2.45) is 0 Å². The SMILES string of the molecule is CCCCCCCOCCNc1ccc(C)cc1. The highest BCUT2D eigenvalue weighted by Crippen LogP contribution is 2.07. The van der Waals surface area contributed by atoms with Gasteiger partial charge in [0.1, 0.15) is 0 Å². The Morgan fingerprint density at radius 2 is 1.67 bits per heavy atom. The van der Waals surface area contributed by atoms with Crippen molar-refractivity contribution >= 4 is 5.69 Å². The topological polar surface area (TPSA) is 21.3 Å². The van der Waals surface area contributed by atoms with E-state index in [1.54, 1.807) is 0 Å². The van der Waals surface area contributed by atoms with Crippen molar-refractivity contribution in [3.8, 4) is 0 Å². The molecule has 0 aliphatic heterocycles. The zero-order valence-electron chi connectivity index (χ0n) is 11.9. The molecule has 102 valence electrons. The predicted octanol–water partition coefficient (Wildman–Crippen LogP) is 4.39. The molecule has 0 atom stereocenters. The van der Waals surface area contributed by atoms with E-state index in [0.717, 1.165) is 19.8 Å². The van der Waals surface area contributed by atoms with Crippen molar-refractivity contribution in [3.63, 3.8) is 0 Å². The van der Waals surface area contributed by atoms with E-state index in [-0.39, 0.29) is 0 Å². The smallest absolute Gasteiger partial charge is 0.0639 e. The fourth-order valence-electron chi connectivity index (χ4n) is 1.85. The molecule has 0 heterocycles. The van der Waals surface area contributed by atoms with Crippen LogP contribution in [-0.2, 0) is 4.74 Å². The Balaban J connectivity index is 1.91. The third-order valence-corrected chi connectivity index (χ3v) is 3.02. The molecule has 1 aromatic rings. The normalized spacial score (nSPS) is 10.6. The molecular formula is C16H27NO. The lowest BCUT2D eigenvalue weighted by Crippen LogP contribution is -2.09. The molecule has 18 heavy (non-hydrogen) atoms. The lowest BCUT2D eigenvalue weighted by molar-refractivity contribution is 0.139. The van der Waals surface area contributed by atoms with Crippen LogP contribution in [0.25, 0.3) is 0 Å². The molecule has 0 saturated heterocycles. The van der Waals surface area contributed by atoms with Crippen LogP contribution >= 0.6 is 0 Å². The van der Waals surface area contributed by atoms with Gasteiger partial charge in [0.25, 0.3) is 0 Å². The van der Waals surface area contributed by atoms with Crippen LogP contribution in [0.15, 0.2) is 24.3 Å². The molecule has 2 heteroatoms. The summed E-state index contributed by atoms with van der Waals surface area (Å²) in [6.07, 6.45) is 6.52. The molecule has 0 amide bonds. The Kier molecular flexibility index (Phi) is 8.32. The molecule has 0 spiro atoms. The van der Waals surface area contributed by atoms with Crippen LogP contribution in [0.4, 0.5) is 5.69 Å². The zero-order chi connectivity index (χ0) is 13.1. The summed E-state index contributed by atoms with van der Waals surface area (Å²) in [6.45, 7) is 6.93. The molecule has 0 aliphatic rings. The average Bonchev–Trinajstić information content (AvgIpc) is 2.39. The maximum atomic E-state index is 5.60. The quantitative estimate of drug-likeness (QED) is 0.621. The number of rotatable bonds is 10. The van der Waals surface area contributed by atoms with E-state index in [0.29, 0.717) is 0 Å². The first-order valence-electron chi connectivity index (χ1n) is 7.21. The van der Waals surface area contributed by atoms with E-state index in [1.807, 2.05) is 0 Å². The van der Waals surface area contributed by atoms with Gasteiger partial charge in [-0.1, -0.05) is 50.3 Å². The summed E-state index contributed by atoms with van der Waals surface area (Å²) < 4.78 is 5.60. The van der Waals surface area contributed by atoms with Gasteiger partial charge in [0.05, 0.1) is 6.61 Å². The summed E-state index contributed by atoms with van der Waals surface area (Å²) in [5.74, 6) is 0. The summed E-state index contributed by atoms with van der Waals surface area (Å²) in [5, 5.41) is 3.36. The van der Waals surface area contributed by atoms with Crippen molar-refractivity contribution in [3.05, 3.63) is 29.8 Å². The Labute approximate surface area is 112 Å². The number of anilines is 1. The number of ether oxygens (including phenoxy) is 1. The van der Waals surface area contributed by atoms with Crippen molar-refractivity contribution in [1.29, 1.82) is 0 Å². The van der Waals surface area contributed by atoms with Gasteiger partial charge in [-0.25, -0.2) is 0 Å². The predicted molar refractivity (Wildman–Crippen MR) is 79.2 cm³/mol. The monoisotopic (exact) mass is 249 g/mol. The summed E-state index contributed by atoms with van der Waals surface area (Å²) in [6, 6.07) is 8.47. The lowest BCUT2D eigenvalue weighted by Gasteiger charge is -2.07. The molecule has 2 nitrogen and oxygen atoms in total. The molecule has 0 fully saturated rings. The standard InChI is InChI=1S/C16H27NO/c1-3-4-5-6-7-13-18-14-12-17-16-10-8-15(2)9-11-16/h8-11,17H,3-7,12-14H2,1-2H3. The van der Waals surface area contributed by atoms with Crippen LogP contribution in [0.5, 0.6) is 0 Å². The van der Waals surface area contributed by atoms with E-state index in [1.165, 1.54) is 43.4 Å². The first-order chi connectivity index (χ1) is 8.83. The van der Waals surface area contributed by atoms with Crippen LogP contribution in [0.2, 0.25) is 0 Å². The van der Waals surface area contributed by atoms with Gasteiger partial charge >= 0.3 is 0 Å². The Morgan fingerprint density at radius 3 is 2.39 bits per heavy atom. The van der Waals surface area contributed by atoms with Crippen molar-refractivity contribution in [1.82, 2.24) is 0 Å². The van der Waals surface area contributed by atoms with Crippen LogP contribution < -0.4 is 5.32 Å². The average molecular weight is 249 g/mol. The Hall–Kier alpha value is -1.02. The second-order valence-electron chi connectivity index (χ2n) is 4.82. The van der Waals surface area contributed by atoms with Gasteiger partial charge in [-0.2, -0.15) is 0 Å². The molecule has 0 aromatic heterocycles. The van der Waals surface area contributed by atoms with Gasteiger partial charge in [0.2, 0.25) is 0 Å². The molecule has 1 aromatic carbocycles. The summed E-state index contributed by atoms with van der Waals surface area (Å²) in [7, 11) is 0. The van der Waals surface area contributed by atoms with E-state index in [4.69, 9.17) is 4.74 Å². The van der Waals surface area contributed by atoms with Gasteiger partial charge < -0.3 is 10.1 Å². The number of hydrogen-bond acceptors (Lipinski definition) is 2.